The molecule has 272 valence electrons. The van der Waals surface area contributed by atoms with Crippen LogP contribution in [0.2, 0.25) is 10.0 Å². The van der Waals surface area contributed by atoms with Gasteiger partial charge < -0.3 is 19.3 Å². The number of quaternary nitrogens is 1. The number of allylic oxidation sites excluding steroid dienone is 2. The van der Waals surface area contributed by atoms with E-state index in [1.165, 1.54) is 23.1 Å². The molecule has 0 saturated carbocycles. The molecule has 2 N–H and O–H groups in total. The van der Waals surface area contributed by atoms with E-state index in [1.807, 2.05) is 0 Å². The molecule has 2 aliphatic heterocycles. The van der Waals surface area contributed by atoms with E-state index in [0.717, 1.165) is 18.2 Å². The average molecular weight is 782 g/mol. The van der Waals surface area contributed by atoms with E-state index in [1.54, 1.807) is 29.7 Å². The Labute approximate surface area is 289 Å². The van der Waals surface area contributed by atoms with Gasteiger partial charge in [-0.2, -0.15) is 34.8 Å². The molecule has 2 aliphatic rings. The van der Waals surface area contributed by atoms with E-state index in [2.05, 4.69) is 0 Å². The van der Waals surface area contributed by atoms with Crippen molar-refractivity contribution in [1.82, 2.24) is 0 Å². The summed E-state index contributed by atoms with van der Waals surface area (Å²) in [4.78, 5) is 5.21. The van der Waals surface area contributed by atoms with Crippen LogP contribution in [-0.4, -0.2) is 69.8 Å². The van der Waals surface area contributed by atoms with Crippen molar-refractivity contribution in [2.24, 2.45) is 0 Å². The van der Waals surface area contributed by atoms with E-state index in [4.69, 9.17) is 23.2 Å². The Morgan fingerprint density at radius 1 is 0.857 bits per heavy atom. The lowest BCUT2D eigenvalue weighted by Crippen LogP contribution is -3.11. The maximum Gasteiger partial charge on any atom is 0.418 e. The lowest BCUT2D eigenvalue weighted by Gasteiger charge is -2.26. The van der Waals surface area contributed by atoms with E-state index in [-0.39, 0.29) is 50.4 Å². The van der Waals surface area contributed by atoms with E-state index in [9.17, 15) is 52.3 Å². The first-order valence-electron chi connectivity index (χ1n) is 14.8. The minimum atomic E-state index is -4.80. The molecule has 0 saturated heterocycles. The fourth-order valence-electron chi connectivity index (χ4n) is 6.07. The first kappa shape index (κ1) is 39.1. The number of hydrogen-bond acceptors (Lipinski definition) is 8. The van der Waals surface area contributed by atoms with Crippen LogP contribution in [0.15, 0.2) is 48.3 Å². The Morgan fingerprint density at radius 2 is 1.43 bits per heavy atom. The summed E-state index contributed by atoms with van der Waals surface area (Å²) in [6, 6.07) is 4.06. The molecule has 0 spiro atoms. The highest BCUT2D eigenvalue weighted by atomic mass is 35.5. The van der Waals surface area contributed by atoms with E-state index >= 15 is 0 Å². The van der Waals surface area contributed by atoms with Crippen molar-refractivity contribution >= 4 is 66.2 Å². The van der Waals surface area contributed by atoms with Crippen LogP contribution in [0.3, 0.4) is 0 Å². The number of benzene rings is 2. The number of nitrogens with one attached hydrogen (secondary N) is 1. The zero-order valence-corrected chi connectivity index (χ0v) is 29.1. The average Bonchev–Trinajstić information content (AvgIpc) is 3.39. The third-order valence-electron chi connectivity index (χ3n) is 8.06. The summed E-state index contributed by atoms with van der Waals surface area (Å²) in [5.41, 5.74) is -1.29. The number of alkyl halides is 6. The van der Waals surface area contributed by atoms with Crippen molar-refractivity contribution < 1.29 is 57.2 Å². The molecule has 0 fully saturated rings. The summed E-state index contributed by atoms with van der Waals surface area (Å²) in [5.74, 6) is -1.10. The number of likely N-dealkylation sites (N-methyl/N-ethyl adjacent to an activating group) is 1. The molecule has 2 aromatic rings. The van der Waals surface area contributed by atoms with Gasteiger partial charge in [0.1, 0.15) is 11.5 Å². The smallest absolute Gasteiger partial charge is 0.418 e. The molecule has 0 bridgehead atoms. The van der Waals surface area contributed by atoms with Crippen molar-refractivity contribution in [3.8, 4) is 0 Å². The molecule has 0 aromatic heterocycles. The van der Waals surface area contributed by atoms with Crippen molar-refractivity contribution in [2.75, 3.05) is 52.4 Å². The number of hydrogen-bond donors (Lipinski definition) is 2. The summed E-state index contributed by atoms with van der Waals surface area (Å²) in [6.07, 6.45) is -5.99. The maximum absolute atomic E-state index is 13.8. The molecule has 2 aromatic carbocycles. The van der Waals surface area contributed by atoms with Crippen LogP contribution in [0, 0.1) is 0 Å². The van der Waals surface area contributed by atoms with Gasteiger partial charge in [-0.15, -0.1) is 0 Å². The summed E-state index contributed by atoms with van der Waals surface area (Å²) >= 11 is 12.1. The van der Waals surface area contributed by atoms with Crippen LogP contribution < -0.4 is 19.6 Å². The van der Waals surface area contributed by atoms with Gasteiger partial charge in [0.05, 0.1) is 55.0 Å². The second-order valence-corrected chi connectivity index (χ2v) is 15.1. The Balaban J connectivity index is 1.79. The SMILES string of the molecule is CCN1/C(=C\C=C\C2N(CC)c3cc(Cl)c(C(F)(F)F)cc3[NH+]2CCCS(=O)(=O)[O-])N(CCCS(=O)(=O)O)c2cc(C(F)(F)F)c(Cl)cc21. The molecular weight excluding hydrogens is 749 g/mol. The summed E-state index contributed by atoms with van der Waals surface area (Å²) in [5, 5.41) is -1.10. The predicted octanol–water partition coefficient (Wildman–Crippen LogP) is 5.67. The molecule has 0 amide bonds. The van der Waals surface area contributed by atoms with Gasteiger partial charge in [0.2, 0.25) is 0 Å². The van der Waals surface area contributed by atoms with Crippen LogP contribution in [0.4, 0.5) is 49.1 Å². The highest BCUT2D eigenvalue weighted by Crippen LogP contribution is 2.48. The molecule has 4 rings (SSSR count). The number of rotatable bonds is 12. The Morgan fingerprint density at radius 3 is 1.96 bits per heavy atom. The van der Waals surface area contributed by atoms with Gasteiger partial charge in [-0.3, -0.25) is 9.45 Å². The first-order chi connectivity index (χ1) is 22.6. The van der Waals surface area contributed by atoms with Crippen molar-refractivity contribution in [2.45, 2.75) is 45.2 Å². The molecule has 49 heavy (non-hydrogen) atoms. The standard InChI is InChI=1S/C29H32Cl2F6N4O6S2/c1-3-38-24-16-20(30)18(28(32,33)34)14-22(24)40(10-6-12-48(42,43)44)26(38)8-5-9-27-39(4-2)25-17-21(31)19(29(35,36)37)15-23(25)41(27)11-7-13-49(45,46)47/h5,8-9,14-17,26H,3-4,6-7,10-13H2,1-2H3,(H,42,43,44)(H,45,46,47)/b8-5+,27-9+. The van der Waals surface area contributed by atoms with Gasteiger partial charge in [-0.25, -0.2) is 8.42 Å². The molecule has 2 heterocycles. The Hall–Kier alpha value is -2.74. The van der Waals surface area contributed by atoms with Crippen LogP contribution in [-0.2, 0) is 32.6 Å². The van der Waals surface area contributed by atoms with Gasteiger partial charge in [0.25, 0.3) is 10.1 Å². The minimum absolute atomic E-state index is 0.0531. The predicted molar refractivity (Wildman–Crippen MR) is 173 cm³/mol. The zero-order chi connectivity index (χ0) is 36.7. The van der Waals surface area contributed by atoms with Gasteiger partial charge >= 0.3 is 12.4 Å². The highest BCUT2D eigenvalue weighted by Gasteiger charge is 2.43. The van der Waals surface area contributed by atoms with Gasteiger partial charge in [0, 0.05) is 37.9 Å². The topological polar surface area (TPSA) is 126 Å². The van der Waals surface area contributed by atoms with E-state index in [0.29, 0.717) is 22.1 Å². The van der Waals surface area contributed by atoms with Crippen molar-refractivity contribution in [1.29, 1.82) is 0 Å². The first-order valence-corrected chi connectivity index (χ1v) is 18.8. The normalized spacial score (nSPS) is 19.4. The van der Waals surface area contributed by atoms with Crippen molar-refractivity contribution in [3.05, 3.63) is 69.5 Å². The quantitative estimate of drug-likeness (QED) is 0.207. The molecule has 10 nitrogen and oxygen atoms in total. The highest BCUT2D eigenvalue weighted by molar-refractivity contribution is 7.85. The maximum atomic E-state index is 13.8. The Kier molecular flexibility index (Phi) is 11.5. The number of nitrogens with zero attached hydrogens (tertiary/aromatic N) is 3. The summed E-state index contributed by atoms with van der Waals surface area (Å²) < 4.78 is 149. The van der Waals surface area contributed by atoms with Gasteiger partial charge in [0.15, 0.2) is 11.9 Å². The molecule has 0 aliphatic carbocycles. The number of anilines is 3. The Bertz CT molecular complexity index is 1860. The molecule has 2 unspecified atom stereocenters. The van der Waals surface area contributed by atoms with Crippen LogP contribution in [0.25, 0.3) is 0 Å². The van der Waals surface area contributed by atoms with Crippen LogP contribution >= 0.6 is 23.2 Å². The number of fused-ring (bicyclic) bond motifs is 2. The summed E-state index contributed by atoms with van der Waals surface area (Å²) in [7, 11) is -9.01. The molecule has 2 atom stereocenters. The van der Waals surface area contributed by atoms with Crippen molar-refractivity contribution in [3.63, 3.8) is 0 Å². The second kappa shape index (κ2) is 14.5. The summed E-state index contributed by atoms with van der Waals surface area (Å²) in [6.45, 7) is 3.79. The van der Waals surface area contributed by atoms with Gasteiger partial charge in [-0.1, -0.05) is 29.3 Å². The second-order valence-electron chi connectivity index (χ2n) is 11.2. The fourth-order valence-corrected chi connectivity index (χ4v) is 7.60. The molecular formula is C29H32Cl2F6N4O6S2. The lowest BCUT2D eigenvalue weighted by molar-refractivity contribution is -0.845. The zero-order valence-electron chi connectivity index (χ0n) is 25.9. The monoisotopic (exact) mass is 780 g/mol. The molecule has 20 heteroatoms. The largest absolute Gasteiger partial charge is 0.748 e. The van der Waals surface area contributed by atoms with Crippen LogP contribution in [0.5, 0.6) is 0 Å². The van der Waals surface area contributed by atoms with E-state index < -0.39 is 71.4 Å². The third kappa shape index (κ3) is 8.95. The van der Waals surface area contributed by atoms with Gasteiger partial charge in [-0.05, 0) is 50.6 Å². The lowest BCUT2D eigenvalue weighted by atomic mass is 10.1. The van der Waals surface area contributed by atoms with Crippen LogP contribution in [0.1, 0.15) is 37.8 Å². The third-order valence-corrected chi connectivity index (χ3v) is 10.3. The number of halogens is 8. The molecule has 0 radical (unpaired) electrons. The fraction of sp³-hybridized carbons (Fsp3) is 0.448. The minimum Gasteiger partial charge on any atom is -0.748 e.